The molecule has 5 rings (SSSR count). The van der Waals surface area contributed by atoms with Gasteiger partial charge < -0.3 is 9.73 Å². The first-order valence-corrected chi connectivity index (χ1v) is 7.34. The van der Waals surface area contributed by atoms with Crippen molar-refractivity contribution in [1.82, 2.24) is 5.32 Å². The summed E-state index contributed by atoms with van der Waals surface area (Å²) in [5.74, 6) is 2.75. The summed E-state index contributed by atoms with van der Waals surface area (Å²) in [5, 5.41) is 3.63. The highest BCUT2D eigenvalue weighted by Crippen LogP contribution is 2.47. The van der Waals surface area contributed by atoms with Gasteiger partial charge in [0.05, 0.1) is 6.26 Å². The van der Waals surface area contributed by atoms with Crippen molar-refractivity contribution >= 4 is 5.78 Å². The van der Waals surface area contributed by atoms with E-state index in [1.807, 2.05) is 0 Å². The Bertz CT molecular complexity index is 503. The molecule has 2 aliphatic carbocycles. The van der Waals surface area contributed by atoms with E-state index in [0.717, 1.165) is 17.5 Å². The van der Waals surface area contributed by atoms with Crippen LogP contribution < -0.4 is 5.32 Å². The molecular weight excluding hydrogens is 238 g/mol. The summed E-state index contributed by atoms with van der Waals surface area (Å²) >= 11 is 0. The topological polar surface area (TPSA) is 42.2 Å². The van der Waals surface area contributed by atoms with Gasteiger partial charge in [0.2, 0.25) is 5.78 Å². The molecule has 2 saturated carbocycles. The van der Waals surface area contributed by atoms with Crippen LogP contribution in [-0.4, -0.2) is 11.8 Å². The minimum absolute atomic E-state index is 0.00581. The molecule has 0 spiro atoms. The van der Waals surface area contributed by atoms with Crippen LogP contribution in [0.5, 0.6) is 0 Å². The summed E-state index contributed by atoms with van der Waals surface area (Å²) in [5.41, 5.74) is 1.16. The Hall–Kier alpha value is -1.51. The predicted octanol–water partition coefficient (Wildman–Crippen LogP) is 3.14. The normalized spacial score (nSPS) is 38.2. The van der Waals surface area contributed by atoms with Gasteiger partial charge in [-0.15, -0.1) is 0 Å². The maximum atomic E-state index is 12.2. The van der Waals surface area contributed by atoms with Gasteiger partial charge in [-0.25, -0.2) is 0 Å². The van der Waals surface area contributed by atoms with Crippen molar-refractivity contribution in [3.63, 3.8) is 0 Å². The molecule has 2 atom stereocenters. The van der Waals surface area contributed by atoms with Crippen molar-refractivity contribution in [3.8, 4) is 0 Å². The lowest BCUT2D eigenvalue weighted by Crippen LogP contribution is -2.33. The zero-order valence-corrected chi connectivity index (χ0v) is 11.0. The van der Waals surface area contributed by atoms with Gasteiger partial charge in [-0.2, -0.15) is 0 Å². The number of rotatable bonds is 2. The van der Waals surface area contributed by atoms with Gasteiger partial charge in [-0.05, 0) is 62.0 Å². The van der Waals surface area contributed by atoms with Crippen molar-refractivity contribution < 1.29 is 9.21 Å². The number of ketones is 1. The molecule has 2 aliphatic heterocycles. The van der Waals surface area contributed by atoms with Gasteiger partial charge >= 0.3 is 0 Å². The molecule has 4 aliphatic rings. The third kappa shape index (κ3) is 2.01. The molecule has 0 radical (unpaired) electrons. The lowest BCUT2D eigenvalue weighted by molar-refractivity contribution is 0.101. The number of carbonyl (C=O) groups excluding carboxylic acids is 1. The van der Waals surface area contributed by atoms with Crippen molar-refractivity contribution in [2.45, 2.75) is 38.1 Å². The largest absolute Gasteiger partial charge is 0.461 e. The Morgan fingerprint density at radius 3 is 2.68 bits per heavy atom. The summed E-state index contributed by atoms with van der Waals surface area (Å²) in [6.45, 7) is 0. The molecule has 3 heteroatoms. The number of fused-ring (bicyclic) bond motifs is 1. The third-order valence-electron chi connectivity index (χ3n) is 5.00. The van der Waals surface area contributed by atoms with Gasteiger partial charge in [0.1, 0.15) is 0 Å². The SMILES string of the molecule is O=C(/C=C1/NC2CC3CC(C2)CC1C3)c1ccco1. The van der Waals surface area contributed by atoms with E-state index in [0.29, 0.717) is 17.7 Å². The highest BCUT2D eigenvalue weighted by molar-refractivity contribution is 6.02. The van der Waals surface area contributed by atoms with Gasteiger partial charge in [0.25, 0.3) is 0 Å². The first-order chi connectivity index (χ1) is 9.28. The zero-order chi connectivity index (χ0) is 12.8. The molecule has 1 aromatic heterocycles. The Morgan fingerprint density at radius 2 is 2.00 bits per heavy atom. The number of furan rings is 1. The standard InChI is InChI=1S/C16H19NO2/c18-15(16-2-1-3-19-16)9-14-12-5-10-4-11(6-12)8-13(7-10)17-14/h1-3,9-13,17H,4-8H2/b14-9+. The molecule has 1 N–H and O–H groups in total. The molecule has 0 aromatic carbocycles. The molecule has 2 saturated heterocycles. The molecular formula is C16H19NO2. The van der Waals surface area contributed by atoms with Crippen LogP contribution in [0.25, 0.3) is 0 Å². The summed E-state index contributed by atoms with van der Waals surface area (Å²) in [6.07, 6.45) is 9.85. The number of carbonyl (C=O) groups is 1. The van der Waals surface area contributed by atoms with E-state index in [1.54, 1.807) is 24.5 Å². The van der Waals surface area contributed by atoms with Crippen LogP contribution >= 0.6 is 0 Å². The Balaban J connectivity index is 1.62. The lowest BCUT2D eigenvalue weighted by Gasteiger charge is -2.37. The van der Waals surface area contributed by atoms with Crippen LogP contribution in [0.1, 0.15) is 42.7 Å². The first kappa shape index (κ1) is 11.3. The Labute approximate surface area is 113 Å². The van der Waals surface area contributed by atoms with Crippen LogP contribution in [0, 0.1) is 17.8 Å². The summed E-state index contributed by atoms with van der Waals surface area (Å²) in [6, 6.07) is 4.09. The maximum Gasteiger partial charge on any atom is 0.222 e. The first-order valence-electron chi connectivity index (χ1n) is 7.34. The molecule has 3 nitrogen and oxygen atoms in total. The third-order valence-corrected chi connectivity index (χ3v) is 5.00. The number of nitrogens with one attached hydrogen (secondary N) is 1. The number of hydrogen-bond acceptors (Lipinski definition) is 3. The minimum atomic E-state index is -0.00581. The fraction of sp³-hybridized carbons (Fsp3) is 0.562. The van der Waals surface area contributed by atoms with E-state index in [-0.39, 0.29) is 5.78 Å². The van der Waals surface area contributed by atoms with E-state index in [2.05, 4.69) is 5.32 Å². The Kier molecular flexibility index (Phi) is 2.54. The van der Waals surface area contributed by atoms with Crippen LogP contribution in [-0.2, 0) is 0 Å². The second kappa shape index (κ2) is 4.26. The molecule has 2 unspecified atom stereocenters. The molecule has 4 bridgehead atoms. The van der Waals surface area contributed by atoms with Crippen molar-refractivity contribution in [2.24, 2.45) is 17.8 Å². The number of allylic oxidation sites excluding steroid dienone is 2. The fourth-order valence-electron chi connectivity index (χ4n) is 4.37. The lowest BCUT2D eigenvalue weighted by atomic mass is 9.68. The maximum absolute atomic E-state index is 12.2. The second-order valence-electron chi connectivity index (χ2n) is 6.39. The summed E-state index contributed by atoms with van der Waals surface area (Å²) in [4.78, 5) is 12.2. The highest BCUT2D eigenvalue weighted by atomic mass is 16.3. The van der Waals surface area contributed by atoms with Crippen LogP contribution in [0.15, 0.2) is 34.6 Å². The molecule has 4 fully saturated rings. The zero-order valence-electron chi connectivity index (χ0n) is 11.0. The minimum Gasteiger partial charge on any atom is -0.461 e. The van der Waals surface area contributed by atoms with Crippen LogP contribution in [0.3, 0.4) is 0 Å². The van der Waals surface area contributed by atoms with Gasteiger partial charge in [0, 0.05) is 17.8 Å². The molecule has 0 amide bonds. The quantitative estimate of drug-likeness (QED) is 0.653. The Morgan fingerprint density at radius 1 is 1.21 bits per heavy atom. The predicted molar refractivity (Wildman–Crippen MR) is 71.6 cm³/mol. The van der Waals surface area contributed by atoms with Crippen molar-refractivity contribution in [2.75, 3.05) is 0 Å². The van der Waals surface area contributed by atoms with E-state index in [1.165, 1.54) is 32.1 Å². The number of hydrogen-bond donors (Lipinski definition) is 1. The summed E-state index contributed by atoms with van der Waals surface area (Å²) < 4.78 is 5.19. The monoisotopic (exact) mass is 257 g/mol. The van der Waals surface area contributed by atoms with Crippen LogP contribution in [0.2, 0.25) is 0 Å². The van der Waals surface area contributed by atoms with Gasteiger partial charge in [0.15, 0.2) is 5.76 Å². The summed E-state index contributed by atoms with van der Waals surface area (Å²) in [7, 11) is 0. The fourth-order valence-corrected chi connectivity index (χ4v) is 4.37. The van der Waals surface area contributed by atoms with E-state index < -0.39 is 0 Å². The van der Waals surface area contributed by atoms with Crippen molar-refractivity contribution in [3.05, 3.63) is 35.9 Å². The van der Waals surface area contributed by atoms with Crippen LogP contribution in [0.4, 0.5) is 0 Å². The molecule has 100 valence electrons. The average molecular weight is 257 g/mol. The highest BCUT2D eigenvalue weighted by Gasteiger charge is 2.41. The molecule has 19 heavy (non-hydrogen) atoms. The van der Waals surface area contributed by atoms with Gasteiger partial charge in [-0.1, -0.05) is 0 Å². The second-order valence-corrected chi connectivity index (χ2v) is 6.39. The van der Waals surface area contributed by atoms with E-state index in [4.69, 9.17) is 4.42 Å². The smallest absolute Gasteiger partial charge is 0.222 e. The molecule has 3 heterocycles. The van der Waals surface area contributed by atoms with E-state index in [9.17, 15) is 4.79 Å². The van der Waals surface area contributed by atoms with Gasteiger partial charge in [-0.3, -0.25) is 4.79 Å². The average Bonchev–Trinajstić information content (AvgIpc) is 2.84. The molecule has 1 aromatic rings. The van der Waals surface area contributed by atoms with E-state index >= 15 is 0 Å². The van der Waals surface area contributed by atoms with Crippen molar-refractivity contribution in [1.29, 1.82) is 0 Å².